The molecule has 0 aliphatic rings. The lowest BCUT2D eigenvalue weighted by Gasteiger charge is -2.33. The highest BCUT2D eigenvalue weighted by Gasteiger charge is 2.49. The van der Waals surface area contributed by atoms with Crippen LogP contribution in [-0.2, 0) is 39.9 Å². The molecule has 0 unspecified atom stereocenters. The first-order chi connectivity index (χ1) is 21.1. The van der Waals surface area contributed by atoms with E-state index in [9.17, 15) is 19.2 Å². The second-order valence-electron chi connectivity index (χ2n) is 12.5. The van der Waals surface area contributed by atoms with Gasteiger partial charge in [-0.05, 0) is 65.7 Å². The summed E-state index contributed by atoms with van der Waals surface area (Å²) < 4.78 is 24.0. The van der Waals surface area contributed by atoms with Crippen LogP contribution in [0.2, 0.25) is 0 Å². The molecule has 0 saturated heterocycles. The van der Waals surface area contributed by atoms with Gasteiger partial charge in [0, 0.05) is 29.6 Å². The monoisotopic (exact) mass is 620 g/mol. The normalized spacial score (nSPS) is 13.1. The van der Waals surface area contributed by atoms with Gasteiger partial charge in [-0.1, -0.05) is 61.2 Å². The minimum absolute atomic E-state index is 0.0231. The van der Waals surface area contributed by atoms with Gasteiger partial charge in [-0.15, -0.1) is 0 Å². The molecule has 2 atom stereocenters. The fraction of sp³-hybridized carbons (Fsp3) is 0.429. The number of para-hydroxylation sites is 1. The van der Waals surface area contributed by atoms with Crippen LogP contribution in [0.4, 0.5) is 4.79 Å². The Morgan fingerprint density at radius 1 is 0.844 bits per heavy atom. The van der Waals surface area contributed by atoms with E-state index in [0.29, 0.717) is 17.5 Å². The van der Waals surface area contributed by atoms with Crippen molar-refractivity contribution in [2.75, 3.05) is 13.2 Å². The maximum atomic E-state index is 14.0. The molecular formula is C35H44N2O8. The van der Waals surface area contributed by atoms with Crippen LogP contribution in [0.1, 0.15) is 65.5 Å². The van der Waals surface area contributed by atoms with Gasteiger partial charge in [0.1, 0.15) is 23.9 Å². The number of carbonyl (C=O) groups excluding carboxylic acids is 4. The first-order valence-corrected chi connectivity index (χ1v) is 14.9. The molecule has 0 fully saturated rings. The Balaban J connectivity index is 2.35. The van der Waals surface area contributed by atoms with Gasteiger partial charge in [0.15, 0.2) is 5.92 Å². The number of benzene rings is 2. The molecule has 10 heteroatoms. The van der Waals surface area contributed by atoms with Crippen LogP contribution >= 0.6 is 0 Å². The molecule has 1 heterocycles. The van der Waals surface area contributed by atoms with Crippen molar-refractivity contribution in [3.05, 3.63) is 84.6 Å². The van der Waals surface area contributed by atoms with Crippen molar-refractivity contribution in [2.45, 2.75) is 78.2 Å². The summed E-state index contributed by atoms with van der Waals surface area (Å²) in [6.07, 6.45) is 2.20. The number of rotatable bonds is 12. The number of aromatic nitrogens is 1. The molecule has 3 aromatic rings. The lowest BCUT2D eigenvalue weighted by atomic mass is 9.79. The minimum Gasteiger partial charge on any atom is -0.464 e. The first-order valence-electron chi connectivity index (χ1n) is 14.9. The average molecular weight is 621 g/mol. The molecule has 0 bridgehead atoms. The largest absolute Gasteiger partial charge is 0.464 e. The van der Waals surface area contributed by atoms with Crippen LogP contribution in [0, 0.1) is 5.92 Å². The predicted molar refractivity (Wildman–Crippen MR) is 171 cm³/mol. The molecule has 0 radical (unpaired) electrons. The van der Waals surface area contributed by atoms with Crippen LogP contribution in [0.5, 0.6) is 0 Å². The van der Waals surface area contributed by atoms with Crippen LogP contribution in [-0.4, -0.2) is 59.0 Å². The number of ether oxygens (including phenoxy) is 4. The molecule has 0 spiro atoms. The van der Waals surface area contributed by atoms with Crippen LogP contribution < -0.4 is 5.32 Å². The number of nitrogens with one attached hydrogen (secondary N) is 1. The maximum Gasteiger partial charge on any atom is 0.408 e. The number of fused-ring (bicyclic) bond motifs is 1. The average Bonchev–Trinajstić information content (AvgIpc) is 3.30. The smallest absolute Gasteiger partial charge is 0.408 e. The predicted octanol–water partition coefficient (Wildman–Crippen LogP) is 5.92. The first kappa shape index (κ1) is 34.9. The zero-order valence-corrected chi connectivity index (χ0v) is 27.1. The number of hydrogen-bond donors (Lipinski definition) is 1. The molecule has 45 heavy (non-hydrogen) atoms. The van der Waals surface area contributed by atoms with E-state index < -0.39 is 53.1 Å². The summed E-state index contributed by atoms with van der Waals surface area (Å²) in [5.74, 6) is -5.72. The Labute approximate surface area is 264 Å². The van der Waals surface area contributed by atoms with Crippen molar-refractivity contribution in [2.24, 2.45) is 5.92 Å². The fourth-order valence-corrected chi connectivity index (χ4v) is 4.95. The van der Waals surface area contributed by atoms with Crippen molar-refractivity contribution in [3.8, 4) is 0 Å². The van der Waals surface area contributed by atoms with Crippen molar-refractivity contribution in [1.29, 1.82) is 0 Å². The third-order valence-electron chi connectivity index (χ3n) is 6.56. The van der Waals surface area contributed by atoms with Gasteiger partial charge < -0.3 is 28.8 Å². The molecule has 10 nitrogen and oxygen atoms in total. The molecule has 242 valence electrons. The summed E-state index contributed by atoms with van der Waals surface area (Å²) in [5, 5.41) is 3.22. The van der Waals surface area contributed by atoms with Gasteiger partial charge in [-0.25, -0.2) is 9.59 Å². The third kappa shape index (κ3) is 9.69. The van der Waals surface area contributed by atoms with Crippen molar-refractivity contribution in [3.63, 3.8) is 0 Å². The number of amides is 1. The van der Waals surface area contributed by atoms with E-state index in [1.165, 1.54) is 6.08 Å². The number of carbonyl (C=O) groups is 4. The summed E-state index contributed by atoms with van der Waals surface area (Å²) >= 11 is 0. The van der Waals surface area contributed by atoms with E-state index in [4.69, 9.17) is 18.9 Å². The molecule has 1 N–H and O–H groups in total. The Bertz CT molecular complexity index is 1470. The SMILES string of the molecule is C=CCOC(=O)N[C@@H](C(=O)OCC)[C@H](c1cn(Cc2ccccc2)c2ccccc12)C(C(=O)OC(C)(C)C)C(=O)OC(C)(C)C. The molecule has 0 aliphatic carbocycles. The Morgan fingerprint density at radius 2 is 1.42 bits per heavy atom. The quantitative estimate of drug-likeness (QED) is 0.115. The summed E-state index contributed by atoms with van der Waals surface area (Å²) in [4.78, 5) is 54.7. The van der Waals surface area contributed by atoms with E-state index in [2.05, 4.69) is 11.9 Å². The zero-order valence-electron chi connectivity index (χ0n) is 27.1. The van der Waals surface area contributed by atoms with Gasteiger partial charge in [0.2, 0.25) is 0 Å². The van der Waals surface area contributed by atoms with E-state index in [1.54, 1.807) is 54.7 Å². The molecule has 0 saturated carbocycles. The summed E-state index contributed by atoms with van der Waals surface area (Å²) in [7, 11) is 0. The highest BCUT2D eigenvalue weighted by molar-refractivity contribution is 5.99. The standard InChI is InChI=1S/C35H44N2O8/c1-9-20-43-33(41)36-29(32(40)42-10-2)27(28(30(38)44-34(3,4)5)31(39)45-35(6,7)8)25-22-37(21-23-16-12-11-13-17-23)26-19-15-14-18-24(25)26/h9,11-19,22,27-29H,1,10,20-21H2,2-8H3,(H,36,41)/t27-,29-/m1/s1. The lowest BCUT2D eigenvalue weighted by molar-refractivity contribution is -0.176. The second-order valence-corrected chi connectivity index (χ2v) is 12.5. The van der Waals surface area contributed by atoms with Gasteiger partial charge >= 0.3 is 24.0 Å². The van der Waals surface area contributed by atoms with Crippen LogP contribution in [0.3, 0.4) is 0 Å². The number of nitrogens with zero attached hydrogens (tertiary/aromatic N) is 1. The van der Waals surface area contributed by atoms with Gasteiger partial charge in [-0.3, -0.25) is 9.59 Å². The topological polar surface area (TPSA) is 122 Å². The minimum atomic E-state index is -1.69. The highest BCUT2D eigenvalue weighted by atomic mass is 16.6. The van der Waals surface area contributed by atoms with E-state index in [0.717, 1.165) is 11.1 Å². The van der Waals surface area contributed by atoms with Crippen LogP contribution in [0.15, 0.2) is 73.4 Å². The number of hydrogen-bond acceptors (Lipinski definition) is 8. The van der Waals surface area contributed by atoms with Gasteiger partial charge in [0.25, 0.3) is 0 Å². The molecule has 2 aromatic carbocycles. The summed E-state index contributed by atoms with van der Waals surface area (Å²) in [5.41, 5.74) is 0.249. The lowest BCUT2D eigenvalue weighted by Crippen LogP contribution is -2.52. The van der Waals surface area contributed by atoms with Gasteiger partial charge in [-0.2, -0.15) is 0 Å². The van der Waals surface area contributed by atoms with Gasteiger partial charge in [0.05, 0.1) is 6.61 Å². The Kier molecular flexibility index (Phi) is 11.6. The van der Waals surface area contributed by atoms with E-state index in [1.807, 2.05) is 59.2 Å². The molecule has 1 aromatic heterocycles. The van der Waals surface area contributed by atoms with Crippen molar-refractivity contribution in [1.82, 2.24) is 9.88 Å². The van der Waals surface area contributed by atoms with Crippen molar-refractivity contribution < 1.29 is 38.1 Å². The summed E-state index contributed by atoms with van der Waals surface area (Å²) in [6, 6.07) is 15.6. The molecule has 3 rings (SSSR count). The number of esters is 3. The number of alkyl carbamates (subject to hydrolysis) is 1. The molecule has 1 amide bonds. The van der Waals surface area contributed by atoms with E-state index in [-0.39, 0.29) is 13.2 Å². The summed E-state index contributed by atoms with van der Waals surface area (Å²) in [6.45, 7) is 15.5. The fourth-order valence-electron chi connectivity index (χ4n) is 4.95. The highest BCUT2D eigenvalue weighted by Crippen LogP contribution is 2.38. The molecular weight excluding hydrogens is 576 g/mol. The second kappa shape index (κ2) is 14.9. The maximum absolute atomic E-state index is 14.0. The van der Waals surface area contributed by atoms with Crippen LogP contribution in [0.25, 0.3) is 10.9 Å². The van der Waals surface area contributed by atoms with Crippen molar-refractivity contribution >= 4 is 34.9 Å². The van der Waals surface area contributed by atoms with E-state index >= 15 is 0 Å². The molecule has 0 aliphatic heterocycles. The Morgan fingerprint density at radius 3 is 1.98 bits per heavy atom. The zero-order chi connectivity index (χ0) is 33.4. The third-order valence-corrected chi connectivity index (χ3v) is 6.56. The Hall–Kier alpha value is -4.60.